The molecule has 2 aromatic heterocycles. The molecule has 0 amide bonds. The van der Waals surface area contributed by atoms with Gasteiger partial charge < -0.3 is 14.7 Å². The Morgan fingerprint density at radius 1 is 1.26 bits per heavy atom. The van der Waals surface area contributed by atoms with E-state index in [1.165, 1.54) is 0 Å². The second kappa shape index (κ2) is 11.6. The highest BCUT2D eigenvalue weighted by Gasteiger charge is 2.34. The van der Waals surface area contributed by atoms with Gasteiger partial charge in [0.1, 0.15) is 11.9 Å². The molecular formula is C26H30FN3O3S. The summed E-state index contributed by atoms with van der Waals surface area (Å²) in [7, 11) is 1.58. The first-order chi connectivity index (χ1) is 16.5. The molecule has 34 heavy (non-hydrogen) atoms. The third kappa shape index (κ3) is 6.04. The Morgan fingerprint density at radius 2 is 2.15 bits per heavy atom. The van der Waals surface area contributed by atoms with Gasteiger partial charge in [0.25, 0.3) is 0 Å². The Bertz CT molecular complexity index is 1100. The molecule has 1 aromatic carbocycles. The predicted octanol–water partition coefficient (Wildman–Crippen LogP) is 5.24. The molecule has 6 nitrogen and oxygen atoms in total. The van der Waals surface area contributed by atoms with Crippen LogP contribution in [0.1, 0.15) is 31.0 Å². The van der Waals surface area contributed by atoms with E-state index in [4.69, 9.17) is 4.74 Å². The number of ether oxygens (including phenoxy) is 1. The summed E-state index contributed by atoms with van der Waals surface area (Å²) in [5.41, 5.74) is 1.31. The van der Waals surface area contributed by atoms with E-state index in [2.05, 4.69) is 14.9 Å². The van der Waals surface area contributed by atoms with Crippen LogP contribution in [0.5, 0.6) is 5.75 Å². The maximum atomic E-state index is 15.4. The fraction of sp³-hybridized carbons (Fsp3) is 0.423. The number of likely N-dealkylation sites (tertiary alicyclic amines) is 1. The van der Waals surface area contributed by atoms with Crippen LogP contribution in [0, 0.1) is 11.8 Å². The summed E-state index contributed by atoms with van der Waals surface area (Å²) in [5, 5.41) is 11.6. The van der Waals surface area contributed by atoms with E-state index >= 15 is 4.39 Å². The Kier molecular flexibility index (Phi) is 8.34. The minimum Gasteiger partial charge on any atom is -0.497 e. The summed E-state index contributed by atoms with van der Waals surface area (Å²) >= 11 is 1.68. The molecule has 1 aliphatic rings. The SMILES string of the molecule is COc1ccc2nccc([C@H](F)CC[C@@H]3CCN(CCSc4ccccn4)C[C@@H]3C(=O)O)c2c1. The minimum absolute atomic E-state index is 0.0296. The van der Waals surface area contributed by atoms with Gasteiger partial charge in [0.15, 0.2) is 0 Å². The summed E-state index contributed by atoms with van der Waals surface area (Å²) in [6.45, 7) is 2.16. The van der Waals surface area contributed by atoms with Crippen LogP contribution in [0.15, 0.2) is 59.9 Å². The van der Waals surface area contributed by atoms with Crippen molar-refractivity contribution in [1.29, 1.82) is 0 Å². The Balaban J connectivity index is 1.34. The molecule has 8 heteroatoms. The number of carbonyl (C=O) groups is 1. The number of benzene rings is 1. The van der Waals surface area contributed by atoms with Crippen LogP contribution in [-0.4, -0.2) is 58.4 Å². The van der Waals surface area contributed by atoms with E-state index in [1.54, 1.807) is 37.3 Å². The Hall–Kier alpha value is -2.71. The van der Waals surface area contributed by atoms with Crippen molar-refractivity contribution in [3.05, 3.63) is 60.4 Å². The quantitative estimate of drug-likeness (QED) is 0.395. The summed E-state index contributed by atoms with van der Waals surface area (Å²) in [5.74, 6) is 0.224. The average molecular weight is 484 g/mol. The highest BCUT2D eigenvalue weighted by atomic mass is 32.2. The lowest BCUT2D eigenvalue weighted by atomic mass is 9.81. The number of carboxylic acids is 1. The molecular weight excluding hydrogens is 453 g/mol. The molecule has 3 heterocycles. The second-order valence-electron chi connectivity index (χ2n) is 8.64. The molecule has 0 spiro atoms. The summed E-state index contributed by atoms with van der Waals surface area (Å²) in [6.07, 6.45) is 3.82. The average Bonchev–Trinajstić information content (AvgIpc) is 2.87. The third-order valence-electron chi connectivity index (χ3n) is 6.56. The fourth-order valence-corrected chi connectivity index (χ4v) is 5.54. The van der Waals surface area contributed by atoms with E-state index in [9.17, 15) is 9.90 Å². The zero-order valence-corrected chi connectivity index (χ0v) is 20.1. The standard InChI is InChI=1S/C26H30FN3O3S/c1-33-19-6-8-24-21(16-19)20(9-12-28-24)23(27)7-5-18-10-13-30(17-22(18)26(31)32)14-15-34-25-4-2-3-11-29-25/h2-4,6,8-9,11-12,16,18,22-23H,5,7,10,13-15,17H2,1H3,(H,31,32)/t18-,22+,23-/m1/s1. The second-order valence-corrected chi connectivity index (χ2v) is 9.75. The summed E-state index contributed by atoms with van der Waals surface area (Å²) in [6, 6.07) is 13.0. The molecule has 1 saturated heterocycles. The van der Waals surface area contributed by atoms with Gasteiger partial charge in [-0.15, -0.1) is 11.8 Å². The van der Waals surface area contributed by atoms with Crippen LogP contribution in [0.2, 0.25) is 0 Å². The number of thioether (sulfide) groups is 1. The highest BCUT2D eigenvalue weighted by Crippen LogP contribution is 2.35. The number of halogens is 1. The number of piperidine rings is 1. The monoisotopic (exact) mass is 483 g/mol. The molecule has 0 aliphatic carbocycles. The Morgan fingerprint density at radius 3 is 2.91 bits per heavy atom. The topological polar surface area (TPSA) is 75.5 Å². The van der Waals surface area contributed by atoms with Gasteiger partial charge >= 0.3 is 5.97 Å². The number of hydrogen-bond donors (Lipinski definition) is 1. The number of carboxylic acid groups (broad SMARTS) is 1. The molecule has 180 valence electrons. The van der Waals surface area contributed by atoms with Crippen molar-refractivity contribution in [2.24, 2.45) is 11.8 Å². The van der Waals surface area contributed by atoms with Crippen LogP contribution < -0.4 is 4.74 Å². The maximum absolute atomic E-state index is 15.4. The van der Waals surface area contributed by atoms with Gasteiger partial charge in [-0.25, -0.2) is 9.37 Å². The van der Waals surface area contributed by atoms with E-state index in [0.29, 0.717) is 30.7 Å². The lowest BCUT2D eigenvalue weighted by molar-refractivity contribution is -0.146. The normalized spacial score (nSPS) is 19.7. The Labute approximate surface area is 203 Å². The van der Waals surface area contributed by atoms with E-state index in [0.717, 1.165) is 41.2 Å². The van der Waals surface area contributed by atoms with Crippen molar-refractivity contribution in [3.63, 3.8) is 0 Å². The number of aliphatic carboxylic acids is 1. The zero-order chi connectivity index (χ0) is 23.9. The summed E-state index contributed by atoms with van der Waals surface area (Å²) in [4.78, 5) is 22.9. The van der Waals surface area contributed by atoms with E-state index in [-0.39, 0.29) is 5.92 Å². The van der Waals surface area contributed by atoms with E-state index < -0.39 is 18.1 Å². The van der Waals surface area contributed by atoms with Crippen molar-refractivity contribution in [2.75, 3.05) is 32.5 Å². The van der Waals surface area contributed by atoms with Gasteiger partial charge in [-0.05, 0) is 73.7 Å². The molecule has 0 saturated carbocycles. The molecule has 1 aliphatic heterocycles. The van der Waals surface area contributed by atoms with Crippen molar-refractivity contribution in [3.8, 4) is 5.75 Å². The van der Waals surface area contributed by atoms with Crippen molar-refractivity contribution in [1.82, 2.24) is 14.9 Å². The lowest BCUT2D eigenvalue weighted by Crippen LogP contribution is -2.44. The smallest absolute Gasteiger partial charge is 0.308 e. The minimum atomic E-state index is -1.18. The molecule has 3 aromatic rings. The number of rotatable bonds is 10. The first kappa shape index (κ1) is 24.4. The first-order valence-electron chi connectivity index (χ1n) is 11.6. The van der Waals surface area contributed by atoms with Crippen LogP contribution in [0.4, 0.5) is 4.39 Å². The lowest BCUT2D eigenvalue weighted by Gasteiger charge is -2.36. The predicted molar refractivity (Wildman–Crippen MR) is 132 cm³/mol. The fourth-order valence-electron chi connectivity index (χ4n) is 4.67. The number of aromatic nitrogens is 2. The van der Waals surface area contributed by atoms with Crippen LogP contribution in [0.3, 0.4) is 0 Å². The maximum Gasteiger partial charge on any atom is 0.308 e. The number of fused-ring (bicyclic) bond motifs is 1. The largest absolute Gasteiger partial charge is 0.497 e. The van der Waals surface area contributed by atoms with Crippen LogP contribution in [0.25, 0.3) is 10.9 Å². The van der Waals surface area contributed by atoms with Crippen molar-refractivity contribution < 1.29 is 19.0 Å². The van der Waals surface area contributed by atoms with Gasteiger partial charge in [0, 0.05) is 36.6 Å². The summed E-state index contributed by atoms with van der Waals surface area (Å²) < 4.78 is 20.6. The van der Waals surface area contributed by atoms with Gasteiger partial charge in [-0.1, -0.05) is 6.07 Å². The zero-order valence-electron chi connectivity index (χ0n) is 19.3. The number of nitrogens with zero attached hydrogens (tertiary/aromatic N) is 3. The first-order valence-corrected chi connectivity index (χ1v) is 12.6. The third-order valence-corrected chi connectivity index (χ3v) is 7.49. The van der Waals surface area contributed by atoms with E-state index in [1.807, 2.05) is 36.4 Å². The molecule has 1 fully saturated rings. The van der Waals surface area contributed by atoms with Crippen molar-refractivity contribution in [2.45, 2.75) is 30.5 Å². The molecule has 4 rings (SSSR count). The number of hydrogen-bond acceptors (Lipinski definition) is 6. The number of alkyl halides is 1. The highest BCUT2D eigenvalue weighted by molar-refractivity contribution is 7.99. The molecule has 0 unspecified atom stereocenters. The van der Waals surface area contributed by atoms with Gasteiger partial charge in [0.2, 0.25) is 0 Å². The molecule has 3 atom stereocenters. The molecule has 0 bridgehead atoms. The van der Waals surface area contributed by atoms with Gasteiger partial charge in [-0.2, -0.15) is 0 Å². The van der Waals surface area contributed by atoms with Gasteiger partial charge in [-0.3, -0.25) is 9.78 Å². The number of pyridine rings is 2. The number of methoxy groups -OCH3 is 1. The molecule has 1 N–H and O–H groups in total. The van der Waals surface area contributed by atoms with Crippen LogP contribution >= 0.6 is 11.8 Å². The van der Waals surface area contributed by atoms with Crippen molar-refractivity contribution >= 4 is 28.6 Å². The molecule has 0 radical (unpaired) electrons. The van der Waals surface area contributed by atoms with Crippen LogP contribution in [-0.2, 0) is 4.79 Å². The van der Waals surface area contributed by atoms with Gasteiger partial charge in [0.05, 0.1) is 23.6 Å².